The molecule has 0 aliphatic rings. The van der Waals surface area contributed by atoms with Gasteiger partial charge in [0.15, 0.2) is 0 Å². The number of carbonyl (C=O) groups excluding carboxylic acids is 1. The number of benzene rings is 2. The third kappa shape index (κ3) is 4.01. The van der Waals surface area contributed by atoms with E-state index in [2.05, 4.69) is 10.6 Å². The van der Waals surface area contributed by atoms with E-state index in [0.29, 0.717) is 16.4 Å². The van der Waals surface area contributed by atoms with Crippen LogP contribution >= 0.6 is 11.6 Å². The van der Waals surface area contributed by atoms with Crippen molar-refractivity contribution in [3.8, 4) is 11.8 Å². The molecule has 6 heteroatoms. The molecule has 2 rings (SSSR count). The Morgan fingerprint density at radius 2 is 2.00 bits per heavy atom. The predicted molar refractivity (Wildman–Crippen MR) is 85.5 cm³/mol. The minimum atomic E-state index is -0.590. The van der Waals surface area contributed by atoms with Crippen LogP contribution in [0.15, 0.2) is 60.3 Å². The number of carbonyl (C=O) groups is 1. The van der Waals surface area contributed by atoms with Gasteiger partial charge in [-0.2, -0.15) is 5.26 Å². The Labute approximate surface area is 132 Å². The summed E-state index contributed by atoms with van der Waals surface area (Å²) < 4.78 is 0. The Morgan fingerprint density at radius 3 is 2.68 bits per heavy atom. The molecule has 0 saturated heterocycles. The van der Waals surface area contributed by atoms with Crippen LogP contribution in [0.3, 0.4) is 0 Å². The predicted octanol–water partition coefficient (Wildman–Crippen LogP) is 3.50. The quantitative estimate of drug-likeness (QED) is 0.595. The van der Waals surface area contributed by atoms with Gasteiger partial charge in [0.2, 0.25) is 0 Å². The van der Waals surface area contributed by atoms with Gasteiger partial charge in [0, 0.05) is 18.0 Å². The molecule has 110 valence electrons. The summed E-state index contributed by atoms with van der Waals surface area (Å²) in [4.78, 5) is 12.0. The van der Waals surface area contributed by atoms with Crippen LogP contribution in [0.25, 0.3) is 0 Å². The Bertz CT molecular complexity index is 766. The number of aromatic hydroxyl groups is 1. The lowest BCUT2D eigenvalue weighted by Crippen LogP contribution is -2.14. The highest BCUT2D eigenvalue weighted by Crippen LogP contribution is 2.21. The maximum Gasteiger partial charge on any atom is 0.267 e. The first-order valence-electron chi connectivity index (χ1n) is 6.32. The number of para-hydroxylation sites is 1. The van der Waals surface area contributed by atoms with E-state index in [1.54, 1.807) is 36.4 Å². The van der Waals surface area contributed by atoms with E-state index >= 15 is 0 Å². The van der Waals surface area contributed by atoms with E-state index in [1.807, 2.05) is 6.07 Å². The van der Waals surface area contributed by atoms with Gasteiger partial charge >= 0.3 is 0 Å². The van der Waals surface area contributed by atoms with Crippen LogP contribution in [0.1, 0.15) is 0 Å². The first kappa shape index (κ1) is 15.4. The smallest absolute Gasteiger partial charge is 0.267 e. The molecule has 2 aromatic carbocycles. The zero-order valence-electron chi connectivity index (χ0n) is 11.4. The van der Waals surface area contributed by atoms with Gasteiger partial charge in [0.1, 0.15) is 17.4 Å². The number of nitriles is 1. The average molecular weight is 314 g/mol. The van der Waals surface area contributed by atoms with E-state index < -0.39 is 5.91 Å². The van der Waals surface area contributed by atoms with Crippen LogP contribution in [0, 0.1) is 11.3 Å². The lowest BCUT2D eigenvalue weighted by molar-refractivity contribution is -0.112. The number of rotatable bonds is 4. The molecule has 0 spiro atoms. The van der Waals surface area contributed by atoms with Crippen LogP contribution in [0.2, 0.25) is 5.02 Å². The fourth-order valence-electron chi connectivity index (χ4n) is 1.66. The number of phenols is 1. The normalized spacial score (nSPS) is 10.6. The molecule has 0 aliphatic heterocycles. The highest BCUT2D eigenvalue weighted by atomic mass is 35.5. The van der Waals surface area contributed by atoms with Crippen molar-refractivity contribution < 1.29 is 9.90 Å². The van der Waals surface area contributed by atoms with Crippen molar-refractivity contribution in [2.24, 2.45) is 0 Å². The number of hydrogen-bond acceptors (Lipinski definition) is 4. The molecule has 1 amide bonds. The van der Waals surface area contributed by atoms with Gasteiger partial charge in [0.05, 0.1) is 10.7 Å². The lowest BCUT2D eigenvalue weighted by atomic mass is 10.2. The largest absolute Gasteiger partial charge is 0.508 e. The van der Waals surface area contributed by atoms with Gasteiger partial charge in [0.25, 0.3) is 5.91 Å². The topological polar surface area (TPSA) is 85.2 Å². The molecule has 0 unspecified atom stereocenters. The van der Waals surface area contributed by atoms with Gasteiger partial charge in [-0.3, -0.25) is 4.79 Å². The van der Waals surface area contributed by atoms with Crippen molar-refractivity contribution in [3.63, 3.8) is 0 Å². The summed E-state index contributed by atoms with van der Waals surface area (Å²) in [6.45, 7) is 0. The van der Waals surface area contributed by atoms with Gasteiger partial charge in [-0.25, -0.2) is 0 Å². The van der Waals surface area contributed by atoms with Gasteiger partial charge in [-0.1, -0.05) is 29.8 Å². The van der Waals surface area contributed by atoms with E-state index in [0.717, 1.165) is 0 Å². The fraction of sp³-hybridized carbons (Fsp3) is 0. The summed E-state index contributed by atoms with van der Waals surface area (Å²) in [6.07, 6.45) is 1.28. The minimum Gasteiger partial charge on any atom is -0.508 e. The third-order valence-electron chi connectivity index (χ3n) is 2.71. The molecule has 0 aromatic heterocycles. The molecule has 0 atom stereocenters. The zero-order valence-corrected chi connectivity index (χ0v) is 12.1. The second-order valence-corrected chi connectivity index (χ2v) is 4.71. The number of halogens is 1. The van der Waals surface area contributed by atoms with Crippen molar-refractivity contribution in [2.45, 2.75) is 0 Å². The number of hydrogen-bond donors (Lipinski definition) is 3. The van der Waals surface area contributed by atoms with Crippen molar-refractivity contribution in [1.29, 1.82) is 5.26 Å². The fourth-order valence-corrected chi connectivity index (χ4v) is 1.85. The molecular weight excluding hydrogens is 302 g/mol. The van der Waals surface area contributed by atoms with E-state index in [-0.39, 0.29) is 11.3 Å². The summed E-state index contributed by atoms with van der Waals surface area (Å²) in [7, 11) is 0. The van der Waals surface area contributed by atoms with E-state index in [1.165, 1.54) is 18.3 Å². The number of phenolic OH excluding ortho intramolecular Hbond substituents is 1. The van der Waals surface area contributed by atoms with E-state index in [9.17, 15) is 9.90 Å². The number of nitrogens with one attached hydrogen (secondary N) is 2. The Kier molecular flexibility index (Phi) is 5.02. The van der Waals surface area contributed by atoms with Crippen LogP contribution in [-0.2, 0) is 4.79 Å². The third-order valence-corrected chi connectivity index (χ3v) is 3.04. The molecule has 5 nitrogen and oxygen atoms in total. The molecule has 0 saturated carbocycles. The standard InChI is InChI=1S/C16H12ClN3O2/c17-14-6-1-2-7-15(14)19-10-11(9-18)16(22)20-12-4-3-5-13(21)8-12/h1-8,10,19,21H,(H,20,22)/b11-10-. The van der Waals surface area contributed by atoms with Gasteiger partial charge < -0.3 is 15.7 Å². The Balaban J connectivity index is 2.11. The van der Waals surface area contributed by atoms with Crippen molar-refractivity contribution >= 4 is 28.9 Å². The zero-order chi connectivity index (χ0) is 15.9. The molecule has 0 radical (unpaired) electrons. The summed E-state index contributed by atoms with van der Waals surface area (Å²) in [5.41, 5.74) is 0.856. The molecule has 0 aliphatic carbocycles. The summed E-state index contributed by atoms with van der Waals surface area (Å²) in [5, 5.41) is 24.2. The molecule has 2 aromatic rings. The van der Waals surface area contributed by atoms with Crippen molar-refractivity contribution in [3.05, 3.63) is 65.3 Å². The first-order chi connectivity index (χ1) is 10.6. The minimum absolute atomic E-state index is 0.0227. The highest BCUT2D eigenvalue weighted by molar-refractivity contribution is 6.33. The summed E-state index contributed by atoms with van der Waals surface area (Å²) >= 11 is 5.97. The Morgan fingerprint density at radius 1 is 1.23 bits per heavy atom. The second kappa shape index (κ2) is 7.16. The van der Waals surface area contributed by atoms with Crippen molar-refractivity contribution in [1.82, 2.24) is 0 Å². The van der Waals surface area contributed by atoms with Crippen LogP contribution in [0.5, 0.6) is 5.75 Å². The maximum atomic E-state index is 12.0. The number of nitrogens with zero attached hydrogens (tertiary/aromatic N) is 1. The molecular formula is C16H12ClN3O2. The first-order valence-corrected chi connectivity index (χ1v) is 6.69. The van der Waals surface area contributed by atoms with Crippen LogP contribution in [-0.4, -0.2) is 11.0 Å². The van der Waals surface area contributed by atoms with E-state index in [4.69, 9.17) is 16.9 Å². The molecule has 3 N–H and O–H groups in total. The van der Waals surface area contributed by atoms with Crippen LogP contribution in [0.4, 0.5) is 11.4 Å². The van der Waals surface area contributed by atoms with Gasteiger partial charge in [-0.05, 0) is 24.3 Å². The van der Waals surface area contributed by atoms with Gasteiger partial charge in [-0.15, -0.1) is 0 Å². The molecule has 22 heavy (non-hydrogen) atoms. The Hall–Kier alpha value is -2.97. The monoisotopic (exact) mass is 313 g/mol. The molecule has 0 heterocycles. The van der Waals surface area contributed by atoms with Crippen LogP contribution < -0.4 is 10.6 Å². The SMILES string of the molecule is N#C/C(=C/Nc1ccccc1Cl)C(=O)Nc1cccc(O)c1. The summed E-state index contributed by atoms with van der Waals surface area (Å²) in [5.74, 6) is -0.567. The van der Waals surface area contributed by atoms with Crippen molar-refractivity contribution in [2.75, 3.05) is 10.6 Å². The number of amides is 1. The number of anilines is 2. The average Bonchev–Trinajstić information content (AvgIpc) is 2.49. The maximum absolute atomic E-state index is 12.0. The molecule has 0 fully saturated rings. The molecule has 0 bridgehead atoms. The second-order valence-electron chi connectivity index (χ2n) is 4.30. The lowest BCUT2D eigenvalue weighted by Gasteiger charge is -2.06. The highest BCUT2D eigenvalue weighted by Gasteiger charge is 2.09. The summed E-state index contributed by atoms with van der Waals surface area (Å²) in [6, 6.07) is 14.8.